The number of aromatic nitrogens is 1. The van der Waals surface area contributed by atoms with Crippen LogP contribution in [0, 0.1) is 0 Å². The second-order valence-electron chi connectivity index (χ2n) is 4.07. The number of nitrogens with one attached hydrogen (secondary N) is 1. The molecule has 0 unspecified atom stereocenters. The molecule has 0 spiro atoms. The topological polar surface area (TPSA) is 60.2 Å². The standard InChI is InChI=1S/C14H13N3OS/c15-17-14-16-12-7-6-11(8-13(12)19-14)18-9-10-4-2-1-3-5-10/h1-8H,9,15H2,(H,16,17). The van der Waals surface area contributed by atoms with E-state index in [4.69, 9.17) is 10.6 Å². The highest BCUT2D eigenvalue weighted by Crippen LogP contribution is 2.28. The van der Waals surface area contributed by atoms with Gasteiger partial charge in [0.05, 0.1) is 10.2 Å². The number of ether oxygens (including phenoxy) is 1. The minimum atomic E-state index is 0.563. The van der Waals surface area contributed by atoms with Gasteiger partial charge in [0.2, 0.25) is 0 Å². The van der Waals surface area contributed by atoms with Crippen LogP contribution in [0.15, 0.2) is 48.5 Å². The molecule has 0 radical (unpaired) electrons. The van der Waals surface area contributed by atoms with E-state index >= 15 is 0 Å². The number of anilines is 1. The van der Waals surface area contributed by atoms with Crippen LogP contribution in [0.1, 0.15) is 5.56 Å². The zero-order valence-corrected chi connectivity index (χ0v) is 11.0. The predicted molar refractivity (Wildman–Crippen MR) is 78.2 cm³/mol. The third-order valence-corrected chi connectivity index (χ3v) is 3.68. The van der Waals surface area contributed by atoms with Crippen LogP contribution in [0.3, 0.4) is 0 Å². The monoisotopic (exact) mass is 271 g/mol. The molecule has 0 atom stereocenters. The molecule has 19 heavy (non-hydrogen) atoms. The number of hydrogen-bond acceptors (Lipinski definition) is 5. The van der Waals surface area contributed by atoms with E-state index in [-0.39, 0.29) is 0 Å². The molecule has 3 aromatic rings. The van der Waals surface area contributed by atoms with Crippen LogP contribution < -0.4 is 16.0 Å². The third-order valence-electron chi connectivity index (χ3n) is 2.73. The predicted octanol–water partition coefficient (Wildman–Crippen LogP) is 3.16. The summed E-state index contributed by atoms with van der Waals surface area (Å²) in [5.41, 5.74) is 4.63. The Bertz CT molecular complexity index is 681. The molecular formula is C14H13N3OS. The van der Waals surface area contributed by atoms with E-state index in [1.807, 2.05) is 48.5 Å². The van der Waals surface area contributed by atoms with Gasteiger partial charge >= 0.3 is 0 Å². The highest BCUT2D eigenvalue weighted by Gasteiger charge is 2.04. The molecule has 0 aliphatic heterocycles. The van der Waals surface area contributed by atoms with Gasteiger partial charge in [-0.3, -0.25) is 5.43 Å². The maximum absolute atomic E-state index is 5.77. The number of rotatable bonds is 4. The SMILES string of the molecule is NNc1nc2ccc(OCc3ccccc3)cc2s1. The van der Waals surface area contributed by atoms with Gasteiger partial charge in [-0.05, 0) is 23.8 Å². The second-order valence-corrected chi connectivity index (χ2v) is 5.10. The Morgan fingerprint density at radius 1 is 1.16 bits per heavy atom. The van der Waals surface area contributed by atoms with E-state index in [1.165, 1.54) is 11.3 Å². The molecule has 1 aromatic heterocycles. The fourth-order valence-electron chi connectivity index (χ4n) is 1.80. The summed E-state index contributed by atoms with van der Waals surface area (Å²) in [6, 6.07) is 15.9. The largest absolute Gasteiger partial charge is 0.489 e. The van der Waals surface area contributed by atoms with Crippen LogP contribution in [0.25, 0.3) is 10.2 Å². The number of hydrazine groups is 1. The summed E-state index contributed by atoms with van der Waals surface area (Å²) >= 11 is 1.51. The average Bonchev–Trinajstić information content (AvgIpc) is 2.88. The molecule has 5 heteroatoms. The fraction of sp³-hybridized carbons (Fsp3) is 0.0714. The summed E-state index contributed by atoms with van der Waals surface area (Å²) in [5, 5.41) is 0.704. The van der Waals surface area contributed by atoms with Crippen molar-refractivity contribution in [3.8, 4) is 5.75 Å². The minimum Gasteiger partial charge on any atom is -0.489 e. The highest BCUT2D eigenvalue weighted by atomic mass is 32.1. The summed E-state index contributed by atoms with van der Waals surface area (Å²) in [5.74, 6) is 6.19. The maximum atomic E-state index is 5.77. The Morgan fingerprint density at radius 3 is 2.79 bits per heavy atom. The highest BCUT2D eigenvalue weighted by molar-refractivity contribution is 7.22. The van der Waals surface area contributed by atoms with Crippen molar-refractivity contribution >= 4 is 26.7 Å². The smallest absolute Gasteiger partial charge is 0.198 e. The number of nitrogens with two attached hydrogens (primary N) is 1. The molecule has 0 amide bonds. The van der Waals surface area contributed by atoms with E-state index in [1.54, 1.807) is 0 Å². The number of nitrogen functional groups attached to an aromatic ring is 1. The molecule has 3 rings (SSSR count). The van der Waals surface area contributed by atoms with E-state index in [0.717, 1.165) is 21.5 Å². The van der Waals surface area contributed by atoms with E-state index < -0.39 is 0 Å². The van der Waals surface area contributed by atoms with Crippen LogP contribution in [0.5, 0.6) is 5.75 Å². The van der Waals surface area contributed by atoms with E-state index in [0.29, 0.717) is 11.7 Å². The molecule has 0 aliphatic carbocycles. The molecule has 0 bridgehead atoms. The minimum absolute atomic E-state index is 0.563. The first kappa shape index (κ1) is 12.0. The molecule has 0 aliphatic rings. The number of hydrogen-bond donors (Lipinski definition) is 2. The van der Waals surface area contributed by atoms with Crippen LogP contribution >= 0.6 is 11.3 Å². The number of benzene rings is 2. The lowest BCUT2D eigenvalue weighted by Gasteiger charge is -2.05. The summed E-state index contributed by atoms with van der Waals surface area (Å²) in [6.07, 6.45) is 0. The van der Waals surface area contributed by atoms with Crippen molar-refractivity contribution in [1.29, 1.82) is 0 Å². The molecular weight excluding hydrogens is 258 g/mol. The van der Waals surface area contributed by atoms with Crippen molar-refractivity contribution in [2.45, 2.75) is 6.61 Å². The fourth-order valence-corrected chi connectivity index (χ4v) is 2.60. The first-order chi connectivity index (χ1) is 9.35. The Balaban J connectivity index is 1.78. The molecule has 0 saturated carbocycles. The third kappa shape index (κ3) is 2.67. The lowest BCUT2D eigenvalue weighted by molar-refractivity contribution is 0.306. The maximum Gasteiger partial charge on any atom is 0.198 e. The number of thiazole rings is 1. The summed E-state index contributed by atoms with van der Waals surface area (Å²) in [6.45, 7) is 0.563. The molecule has 2 aromatic carbocycles. The average molecular weight is 271 g/mol. The van der Waals surface area contributed by atoms with Gasteiger partial charge in [0.25, 0.3) is 0 Å². The number of fused-ring (bicyclic) bond motifs is 1. The van der Waals surface area contributed by atoms with Crippen LogP contribution in [0.4, 0.5) is 5.13 Å². The lowest BCUT2D eigenvalue weighted by atomic mass is 10.2. The first-order valence-corrected chi connectivity index (χ1v) is 6.71. The van der Waals surface area contributed by atoms with Gasteiger partial charge < -0.3 is 4.74 Å². The summed E-state index contributed by atoms with van der Waals surface area (Å²) < 4.78 is 6.82. The van der Waals surface area contributed by atoms with Gasteiger partial charge in [-0.2, -0.15) is 0 Å². The van der Waals surface area contributed by atoms with Gasteiger partial charge in [-0.25, -0.2) is 10.8 Å². The molecule has 0 fully saturated rings. The van der Waals surface area contributed by atoms with Crippen molar-refractivity contribution in [3.63, 3.8) is 0 Å². The Hall–Kier alpha value is -2.11. The van der Waals surface area contributed by atoms with Crippen LogP contribution in [0.2, 0.25) is 0 Å². The second kappa shape index (κ2) is 5.26. The first-order valence-electron chi connectivity index (χ1n) is 5.89. The van der Waals surface area contributed by atoms with Crippen LogP contribution in [-0.4, -0.2) is 4.98 Å². The van der Waals surface area contributed by atoms with Gasteiger partial charge in [0.15, 0.2) is 5.13 Å². The van der Waals surface area contributed by atoms with Crippen molar-refractivity contribution in [2.24, 2.45) is 5.84 Å². The normalized spacial score (nSPS) is 10.6. The van der Waals surface area contributed by atoms with E-state index in [9.17, 15) is 0 Å². The summed E-state index contributed by atoms with van der Waals surface area (Å²) in [4.78, 5) is 4.32. The van der Waals surface area contributed by atoms with Gasteiger partial charge in [-0.15, -0.1) is 0 Å². The molecule has 3 N–H and O–H groups in total. The zero-order valence-electron chi connectivity index (χ0n) is 10.2. The van der Waals surface area contributed by atoms with Gasteiger partial charge in [-0.1, -0.05) is 41.7 Å². The number of nitrogens with zero attached hydrogens (tertiary/aromatic N) is 1. The molecule has 1 heterocycles. The van der Waals surface area contributed by atoms with Crippen LogP contribution in [-0.2, 0) is 6.61 Å². The molecule has 4 nitrogen and oxygen atoms in total. The Morgan fingerprint density at radius 2 is 2.00 bits per heavy atom. The van der Waals surface area contributed by atoms with Crippen molar-refractivity contribution in [3.05, 3.63) is 54.1 Å². The van der Waals surface area contributed by atoms with Crippen molar-refractivity contribution in [2.75, 3.05) is 5.43 Å². The van der Waals surface area contributed by atoms with Crippen molar-refractivity contribution in [1.82, 2.24) is 4.98 Å². The van der Waals surface area contributed by atoms with Gasteiger partial charge in [0, 0.05) is 0 Å². The molecule has 96 valence electrons. The summed E-state index contributed by atoms with van der Waals surface area (Å²) in [7, 11) is 0. The zero-order chi connectivity index (χ0) is 13.1. The van der Waals surface area contributed by atoms with Gasteiger partial charge in [0.1, 0.15) is 12.4 Å². The van der Waals surface area contributed by atoms with Crippen molar-refractivity contribution < 1.29 is 4.74 Å². The molecule has 0 saturated heterocycles. The Labute approximate surface area is 114 Å². The lowest BCUT2D eigenvalue weighted by Crippen LogP contribution is -2.05. The Kier molecular flexibility index (Phi) is 3.31. The van der Waals surface area contributed by atoms with E-state index in [2.05, 4.69) is 10.4 Å². The quantitative estimate of drug-likeness (QED) is 0.565.